The maximum absolute atomic E-state index is 12.0. The smallest absolute Gasteiger partial charge is 0.309 e. The van der Waals surface area contributed by atoms with Gasteiger partial charge in [0.15, 0.2) is 5.82 Å². The molecule has 0 aliphatic carbocycles. The maximum atomic E-state index is 12.0. The van der Waals surface area contributed by atoms with Crippen LogP contribution in [0.25, 0.3) is 0 Å². The quantitative estimate of drug-likeness (QED) is 0.771. The number of piperidine rings is 1. The first-order valence-corrected chi connectivity index (χ1v) is 8.48. The number of methoxy groups -OCH3 is 1. The number of hydrogen-bond acceptors (Lipinski definition) is 7. The van der Waals surface area contributed by atoms with E-state index in [1.54, 1.807) is 19.1 Å². The molecule has 2 fully saturated rings. The summed E-state index contributed by atoms with van der Waals surface area (Å²) in [6.07, 6.45) is 1.97. The topological polar surface area (TPSA) is 109 Å². The van der Waals surface area contributed by atoms with Crippen LogP contribution in [0.4, 0.5) is 0 Å². The van der Waals surface area contributed by atoms with Crippen molar-refractivity contribution >= 4 is 11.9 Å². The average Bonchev–Trinajstić information content (AvgIpc) is 3.13. The predicted octanol–water partition coefficient (Wildman–Crippen LogP) is 0.156. The molecule has 0 saturated carbocycles. The average molecular weight is 352 g/mol. The standard InChI is InChI=1S/C16H24N4O5/c1-19-14(21)9-11(15(22)23)16(19)4-6-20(7-5-16)10-13-17-12(18-25-13)3-8-24-2/h11H,3-10H2,1-2H3,(H,22,23)/t11-/m0/s1. The van der Waals surface area contributed by atoms with E-state index in [-0.39, 0.29) is 12.3 Å². The molecule has 3 heterocycles. The van der Waals surface area contributed by atoms with Crippen molar-refractivity contribution in [2.75, 3.05) is 33.9 Å². The first-order chi connectivity index (χ1) is 12.0. The lowest BCUT2D eigenvalue weighted by atomic mass is 9.77. The van der Waals surface area contributed by atoms with Crippen molar-refractivity contribution in [2.24, 2.45) is 5.92 Å². The number of carbonyl (C=O) groups excluding carboxylic acids is 1. The lowest BCUT2D eigenvalue weighted by molar-refractivity contribution is -0.146. The number of carboxylic acids is 1. The second kappa shape index (κ2) is 7.09. The number of amides is 1. The number of ether oxygens (including phenoxy) is 1. The normalized spacial score (nSPS) is 23.5. The second-order valence-corrected chi connectivity index (χ2v) is 6.77. The molecule has 0 aromatic carbocycles. The number of aromatic nitrogens is 2. The van der Waals surface area contributed by atoms with Crippen molar-refractivity contribution in [1.29, 1.82) is 0 Å². The van der Waals surface area contributed by atoms with Crippen molar-refractivity contribution in [1.82, 2.24) is 19.9 Å². The minimum Gasteiger partial charge on any atom is -0.481 e. The number of likely N-dealkylation sites (tertiary alicyclic amines) is 2. The first kappa shape index (κ1) is 17.8. The van der Waals surface area contributed by atoms with Crippen molar-refractivity contribution < 1.29 is 24.0 Å². The van der Waals surface area contributed by atoms with E-state index in [1.165, 1.54) is 0 Å². The second-order valence-electron chi connectivity index (χ2n) is 6.77. The van der Waals surface area contributed by atoms with Gasteiger partial charge in [-0.3, -0.25) is 14.5 Å². The maximum Gasteiger partial charge on any atom is 0.309 e. The van der Waals surface area contributed by atoms with Gasteiger partial charge < -0.3 is 19.3 Å². The highest BCUT2D eigenvalue weighted by atomic mass is 16.5. The minimum atomic E-state index is -0.883. The number of carboxylic acid groups (broad SMARTS) is 1. The highest BCUT2D eigenvalue weighted by Gasteiger charge is 2.55. The van der Waals surface area contributed by atoms with Crippen LogP contribution in [0.1, 0.15) is 31.0 Å². The Balaban J connectivity index is 1.60. The summed E-state index contributed by atoms with van der Waals surface area (Å²) in [5.41, 5.74) is -0.572. The summed E-state index contributed by atoms with van der Waals surface area (Å²) in [5, 5.41) is 13.4. The SMILES string of the molecule is COCCc1noc(CN2CCC3(CC2)[C@H](C(=O)O)CC(=O)N3C)n1. The molecular formula is C16H24N4O5. The molecule has 1 aromatic heterocycles. The van der Waals surface area contributed by atoms with Crippen LogP contribution < -0.4 is 0 Å². The van der Waals surface area contributed by atoms with Gasteiger partial charge in [-0.15, -0.1) is 0 Å². The molecule has 1 amide bonds. The Morgan fingerprint density at radius 3 is 2.80 bits per heavy atom. The van der Waals surface area contributed by atoms with E-state index in [4.69, 9.17) is 9.26 Å². The fourth-order valence-electron chi connectivity index (χ4n) is 3.92. The molecule has 1 aromatic rings. The molecule has 1 N–H and O–H groups in total. The van der Waals surface area contributed by atoms with Crippen molar-refractivity contribution in [3.05, 3.63) is 11.7 Å². The fourth-order valence-corrected chi connectivity index (χ4v) is 3.92. The van der Waals surface area contributed by atoms with Crippen LogP contribution in [-0.2, 0) is 27.3 Å². The highest BCUT2D eigenvalue weighted by Crippen LogP contribution is 2.42. The molecule has 2 aliphatic rings. The zero-order valence-corrected chi connectivity index (χ0v) is 14.6. The Morgan fingerprint density at radius 2 is 2.16 bits per heavy atom. The van der Waals surface area contributed by atoms with Gasteiger partial charge in [0.1, 0.15) is 0 Å². The van der Waals surface area contributed by atoms with Crippen LogP contribution in [0.3, 0.4) is 0 Å². The molecule has 2 aliphatic heterocycles. The Morgan fingerprint density at radius 1 is 1.44 bits per heavy atom. The van der Waals surface area contributed by atoms with E-state index in [0.29, 0.717) is 57.2 Å². The summed E-state index contributed by atoms with van der Waals surface area (Å²) in [6, 6.07) is 0. The summed E-state index contributed by atoms with van der Waals surface area (Å²) >= 11 is 0. The summed E-state index contributed by atoms with van der Waals surface area (Å²) in [4.78, 5) is 31.8. The van der Waals surface area contributed by atoms with Gasteiger partial charge in [0, 0.05) is 40.1 Å². The van der Waals surface area contributed by atoms with Crippen LogP contribution in [0.5, 0.6) is 0 Å². The molecule has 9 heteroatoms. The molecule has 2 saturated heterocycles. The Bertz CT molecular complexity index is 638. The number of aliphatic carboxylic acids is 1. The van der Waals surface area contributed by atoms with Gasteiger partial charge >= 0.3 is 5.97 Å². The largest absolute Gasteiger partial charge is 0.481 e. The van der Waals surface area contributed by atoms with Crippen molar-refractivity contribution in [3.8, 4) is 0 Å². The number of rotatable bonds is 6. The lowest BCUT2D eigenvalue weighted by Crippen LogP contribution is -2.55. The molecule has 0 bridgehead atoms. The van der Waals surface area contributed by atoms with E-state index in [2.05, 4.69) is 15.0 Å². The third-order valence-corrected chi connectivity index (χ3v) is 5.49. The lowest BCUT2D eigenvalue weighted by Gasteiger charge is -2.45. The van der Waals surface area contributed by atoms with Gasteiger partial charge in [-0.25, -0.2) is 0 Å². The van der Waals surface area contributed by atoms with Crippen molar-refractivity contribution in [3.63, 3.8) is 0 Å². The van der Waals surface area contributed by atoms with E-state index in [1.807, 2.05) is 0 Å². The zero-order valence-electron chi connectivity index (χ0n) is 14.6. The van der Waals surface area contributed by atoms with Crippen LogP contribution in [-0.4, -0.2) is 76.3 Å². The van der Waals surface area contributed by atoms with Crippen LogP contribution in [0, 0.1) is 5.92 Å². The van der Waals surface area contributed by atoms with E-state index >= 15 is 0 Å². The zero-order chi connectivity index (χ0) is 18.0. The molecule has 138 valence electrons. The molecule has 9 nitrogen and oxygen atoms in total. The van der Waals surface area contributed by atoms with Crippen LogP contribution >= 0.6 is 0 Å². The predicted molar refractivity (Wildman–Crippen MR) is 85.6 cm³/mol. The minimum absolute atomic E-state index is 0.0828. The molecule has 0 unspecified atom stereocenters. The van der Waals surface area contributed by atoms with Gasteiger partial charge in [0.25, 0.3) is 0 Å². The molecule has 1 atom stereocenters. The number of hydrogen-bond donors (Lipinski definition) is 1. The third-order valence-electron chi connectivity index (χ3n) is 5.49. The van der Waals surface area contributed by atoms with E-state index < -0.39 is 17.4 Å². The monoisotopic (exact) mass is 352 g/mol. The van der Waals surface area contributed by atoms with E-state index in [0.717, 1.165) is 0 Å². The van der Waals surface area contributed by atoms with Crippen LogP contribution in [0.2, 0.25) is 0 Å². The highest BCUT2D eigenvalue weighted by molar-refractivity contribution is 5.88. The summed E-state index contributed by atoms with van der Waals surface area (Å²) in [7, 11) is 3.35. The number of carbonyl (C=O) groups is 2. The van der Waals surface area contributed by atoms with Gasteiger partial charge in [-0.1, -0.05) is 5.16 Å². The van der Waals surface area contributed by atoms with E-state index in [9.17, 15) is 14.7 Å². The van der Waals surface area contributed by atoms with Gasteiger partial charge in [0.05, 0.1) is 24.6 Å². The fraction of sp³-hybridized carbons (Fsp3) is 0.750. The molecule has 1 spiro atoms. The molecular weight excluding hydrogens is 328 g/mol. The molecule has 25 heavy (non-hydrogen) atoms. The molecule has 3 rings (SSSR count). The van der Waals surface area contributed by atoms with Crippen molar-refractivity contribution in [2.45, 2.75) is 37.8 Å². The van der Waals surface area contributed by atoms with Gasteiger partial charge in [-0.05, 0) is 12.8 Å². The molecule has 0 radical (unpaired) electrons. The Hall–Kier alpha value is -2.00. The Kier molecular flexibility index (Phi) is 5.05. The number of nitrogens with zero attached hydrogens (tertiary/aromatic N) is 4. The van der Waals surface area contributed by atoms with Gasteiger partial charge in [-0.2, -0.15) is 4.98 Å². The summed E-state index contributed by atoms with van der Waals surface area (Å²) < 4.78 is 10.3. The Labute approximate surface area is 145 Å². The summed E-state index contributed by atoms with van der Waals surface area (Å²) in [5.74, 6) is -0.423. The third kappa shape index (κ3) is 3.38. The first-order valence-electron chi connectivity index (χ1n) is 8.48. The van der Waals surface area contributed by atoms with Gasteiger partial charge in [0.2, 0.25) is 11.8 Å². The van der Waals surface area contributed by atoms with Crippen LogP contribution in [0.15, 0.2) is 4.52 Å². The summed E-state index contributed by atoms with van der Waals surface area (Å²) in [6.45, 7) is 2.46.